The Kier molecular flexibility index (Phi) is 4.70. The molecule has 1 aliphatic carbocycles. The highest BCUT2D eigenvalue weighted by Crippen LogP contribution is 2.44. The molecule has 0 unspecified atom stereocenters. The molecule has 0 aromatic heterocycles. The topological polar surface area (TPSA) is 72.5 Å². The van der Waals surface area contributed by atoms with Crippen LogP contribution in [-0.2, 0) is 14.3 Å². The average molecular weight is 321 g/mol. The summed E-state index contributed by atoms with van der Waals surface area (Å²) in [7, 11) is 0. The molecule has 2 aromatic rings. The fraction of sp³-hybridized carbons (Fsp3) is 0.211. The lowest BCUT2D eigenvalue weighted by Gasteiger charge is -2.15. The standard InChI is InChI=1S/C19H15NO4/c21-10-9-13(11-22)20-19(23)24-12-18-16-7-3-1-5-14(16)15-6-2-4-8-17(15)18/h1-8,13,18H,9,12H2,(H,20,23)/t13-/m0/s1. The van der Waals surface area contributed by atoms with E-state index in [1.165, 1.54) is 0 Å². The van der Waals surface area contributed by atoms with E-state index in [1.54, 1.807) is 12.6 Å². The maximum atomic E-state index is 11.8. The van der Waals surface area contributed by atoms with E-state index in [0.29, 0.717) is 0 Å². The molecule has 2 radical (unpaired) electrons. The van der Waals surface area contributed by atoms with E-state index in [-0.39, 0.29) is 18.9 Å². The smallest absolute Gasteiger partial charge is 0.407 e. The lowest BCUT2D eigenvalue weighted by molar-refractivity contribution is 0.141. The first-order valence-electron chi connectivity index (χ1n) is 7.58. The van der Waals surface area contributed by atoms with Gasteiger partial charge in [-0.1, -0.05) is 48.5 Å². The van der Waals surface area contributed by atoms with Crippen molar-refractivity contribution < 1.29 is 19.1 Å². The molecule has 0 heterocycles. The molecule has 0 spiro atoms. The van der Waals surface area contributed by atoms with Gasteiger partial charge in [-0.3, -0.25) is 9.59 Å². The summed E-state index contributed by atoms with van der Waals surface area (Å²) in [6.45, 7) is 0.149. The fourth-order valence-electron chi connectivity index (χ4n) is 2.99. The number of nitrogens with one attached hydrogen (secondary N) is 1. The lowest BCUT2D eigenvalue weighted by Crippen LogP contribution is -2.37. The van der Waals surface area contributed by atoms with E-state index in [4.69, 9.17) is 4.74 Å². The molecule has 5 nitrogen and oxygen atoms in total. The number of hydrogen-bond acceptors (Lipinski definition) is 4. The number of alkyl carbamates (subject to hydrolysis) is 1. The van der Waals surface area contributed by atoms with Gasteiger partial charge in [0.15, 0.2) is 0 Å². The van der Waals surface area contributed by atoms with Crippen molar-refractivity contribution in [3.63, 3.8) is 0 Å². The SMILES string of the molecule is O=[C]C[C@@H]([C]=O)NC(=O)OCC1c2ccccc2-c2ccccc21. The Bertz CT molecular complexity index is 726. The third kappa shape index (κ3) is 3.06. The molecule has 2 aromatic carbocycles. The van der Waals surface area contributed by atoms with Crippen LogP contribution in [0.2, 0.25) is 0 Å². The normalized spacial score (nSPS) is 13.5. The maximum absolute atomic E-state index is 11.8. The number of carbonyl (C=O) groups excluding carboxylic acids is 3. The first-order valence-corrected chi connectivity index (χ1v) is 7.58. The average Bonchev–Trinajstić information content (AvgIpc) is 2.93. The van der Waals surface area contributed by atoms with E-state index < -0.39 is 12.1 Å². The Balaban J connectivity index is 1.73. The van der Waals surface area contributed by atoms with Crippen molar-refractivity contribution in [2.75, 3.05) is 6.61 Å². The number of hydrogen-bond donors (Lipinski definition) is 1. The first kappa shape index (κ1) is 15.9. The van der Waals surface area contributed by atoms with Crippen LogP contribution in [0.3, 0.4) is 0 Å². The summed E-state index contributed by atoms with van der Waals surface area (Å²) >= 11 is 0. The number of carbonyl (C=O) groups is 1. The molecule has 1 N–H and O–H groups in total. The molecule has 5 heteroatoms. The van der Waals surface area contributed by atoms with Crippen molar-refractivity contribution in [3.8, 4) is 11.1 Å². The monoisotopic (exact) mass is 321 g/mol. The fourth-order valence-corrected chi connectivity index (χ4v) is 2.99. The molecule has 1 amide bonds. The van der Waals surface area contributed by atoms with Crippen LogP contribution < -0.4 is 5.32 Å². The number of ether oxygens (including phenoxy) is 1. The van der Waals surface area contributed by atoms with Gasteiger partial charge in [0.05, 0.1) is 0 Å². The van der Waals surface area contributed by atoms with Crippen molar-refractivity contribution in [2.45, 2.75) is 18.4 Å². The van der Waals surface area contributed by atoms with Gasteiger partial charge in [-0.25, -0.2) is 4.79 Å². The van der Waals surface area contributed by atoms with Crippen LogP contribution >= 0.6 is 0 Å². The van der Waals surface area contributed by atoms with E-state index in [2.05, 4.69) is 5.32 Å². The van der Waals surface area contributed by atoms with Gasteiger partial charge in [-0.15, -0.1) is 0 Å². The van der Waals surface area contributed by atoms with Gasteiger partial charge in [-0.05, 0) is 22.3 Å². The minimum Gasteiger partial charge on any atom is -0.449 e. The van der Waals surface area contributed by atoms with Crippen molar-refractivity contribution in [1.29, 1.82) is 0 Å². The summed E-state index contributed by atoms with van der Waals surface area (Å²) in [6, 6.07) is 15.0. The van der Waals surface area contributed by atoms with Gasteiger partial charge in [0.2, 0.25) is 12.6 Å². The van der Waals surface area contributed by atoms with Crippen molar-refractivity contribution >= 4 is 18.7 Å². The zero-order valence-electron chi connectivity index (χ0n) is 12.8. The van der Waals surface area contributed by atoms with Crippen LogP contribution in [0.4, 0.5) is 4.79 Å². The summed E-state index contributed by atoms with van der Waals surface area (Å²) < 4.78 is 5.26. The molecule has 0 saturated carbocycles. The van der Waals surface area contributed by atoms with Gasteiger partial charge < -0.3 is 10.1 Å². The molecule has 1 atom stereocenters. The van der Waals surface area contributed by atoms with E-state index in [9.17, 15) is 14.4 Å². The predicted octanol–water partition coefficient (Wildman–Crippen LogP) is 2.50. The Labute approximate surface area is 139 Å². The van der Waals surface area contributed by atoms with Crippen LogP contribution in [0, 0.1) is 0 Å². The Morgan fingerprint density at radius 1 is 1.04 bits per heavy atom. The number of amides is 1. The lowest BCUT2D eigenvalue weighted by atomic mass is 9.98. The third-order valence-electron chi connectivity index (χ3n) is 4.07. The maximum Gasteiger partial charge on any atom is 0.407 e. The zero-order chi connectivity index (χ0) is 16.9. The van der Waals surface area contributed by atoms with Crippen LogP contribution in [-0.4, -0.2) is 31.3 Å². The zero-order valence-corrected chi connectivity index (χ0v) is 12.8. The molecule has 0 fully saturated rings. The van der Waals surface area contributed by atoms with Crippen LogP contribution in [0.1, 0.15) is 23.5 Å². The molecule has 0 aliphatic heterocycles. The largest absolute Gasteiger partial charge is 0.449 e. The van der Waals surface area contributed by atoms with Crippen molar-refractivity contribution in [3.05, 3.63) is 59.7 Å². The summed E-state index contributed by atoms with van der Waals surface area (Å²) in [5.41, 5.74) is 4.48. The van der Waals surface area contributed by atoms with Crippen LogP contribution in [0.15, 0.2) is 48.5 Å². The second-order valence-corrected chi connectivity index (χ2v) is 5.49. The highest BCUT2D eigenvalue weighted by molar-refractivity contribution is 5.79. The molecule has 3 rings (SSSR count). The quantitative estimate of drug-likeness (QED) is 0.887. The van der Waals surface area contributed by atoms with E-state index >= 15 is 0 Å². The summed E-state index contributed by atoms with van der Waals surface area (Å²) in [5.74, 6) is -0.0561. The number of rotatable bonds is 6. The predicted molar refractivity (Wildman–Crippen MR) is 88.0 cm³/mol. The van der Waals surface area contributed by atoms with E-state index in [0.717, 1.165) is 22.3 Å². The minimum absolute atomic E-state index is 0.0561. The highest BCUT2D eigenvalue weighted by atomic mass is 16.5. The molecule has 120 valence electrons. The molecule has 0 saturated heterocycles. The number of fused-ring (bicyclic) bond motifs is 3. The minimum atomic E-state index is -1.03. The summed E-state index contributed by atoms with van der Waals surface area (Å²) in [6.07, 6.45) is 2.14. The Hall–Kier alpha value is -2.95. The van der Waals surface area contributed by atoms with Crippen LogP contribution in [0.25, 0.3) is 11.1 Å². The van der Waals surface area contributed by atoms with Crippen molar-refractivity contribution in [1.82, 2.24) is 5.32 Å². The van der Waals surface area contributed by atoms with Crippen molar-refractivity contribution in [2.24, 2.45) is 0 Å². The second kappa shape index (κ2) is 7.08. The molecule has 1 aliphatic rings. The summed E-state index contributed by atoms with van der Waals surface area (Å²) in [5, 5.41) is 2.29. The van der Waals surface area contributed by atoms with Gasteiger partial charge >= 0.3 is 6.09 Å². The van der Waals surface area contributed by atoms with Gasteiger partial charge in [0, 0.05) is 12.3 Å². The third-order valence-corrected chi connectivity index (χ3v) is 4.07. The number of benzene rings is 2. The molecule has 24 heavy (non-hydrogen) atoms. The molecular weight excluding hydrogens is 306 g/mol. The summed E-state index contributed by atoms with van der Waals surface area (Å²) in [4.78, 5) is 32.8. The first-order chi connectivity index (χ1) is 11.7. The van der Waals surface area contributed by atoms with Gasteiger partial charge in [-0.2, -0.15) is 0 Å². The molecular formula is C19H15NO4. The van der Waals surface area contributed by atoms with Gasteiger partial charge in [0.1, 0.15) is 12.6 Å². The Morgan fingerprint density at radius 3 is 2.17 bits per heavy atom. The second-order valence-electron chi connectivity index (χ2n) is 5.49. The van der Waals surface area contributed by atoms with Gasteiger partial charge in [0.25, 0.3) is 0 Å². The highest BCUT2D eigenvalue weighted by Gasteiger charge is 2.29. The van der Waals surface area contributed by atoms with Crippen LogP contribution in [0.5, 0.6) is 0 Å². The van der Waals surface area contributed by atoms with E-state index in [1.807, 2.05) is 48.5 Å². The molecule has 0 bridgehead atoms. The Morgan fingerprint density at radius 2 is 1.62 bits per heavy atom.